The summed E-state index contributed by atoms with van der Waals surface area (Å²) in [5.41, 5.74) is 4.67. The van der Waals surface area contributed by atoms with E-state index < -0.39 is 15.9 Å². The van der Waals surface area contributed by atoms with Crippen molar-refractivity contribution in [2.24, 2.45) is 9.50 Å². The molecule has 0 aliphatic heterocycles. The summed E-state index contributed by atoms with van der Waals surface area (Å²) in [6.45, 7) is 9.98. The summed E-state index contributed by atoms with van der Waals surface area (Å²) < 4.78 is 18.2. The van der Waals surface area contributed by atoms with Crippen molar-refractivity contribution in [1.82, 2.24) is 14.8 Å². The third-order valence-corrected chi connectivity index (χ3v) is 6.17. The van der Waals surface area contributed by atoms with Crippen LogP contribution in [-0.2, 0) is 22.8 Å². The second-order valence-electron chi connectivity index (χ2n) is 7.75. The molecule has 152 valence electrons. The van der Waals surface area contributed by atoms with Crippen LogP contribution in [0, 0.1) is 6.92 Å². The molecule has 0 bridgehead atoms. The molecule has 1 aliphatic rings. The maximum Gasteiger partial charge on any atom is 0.354 e. The van der Waals surface area contributed by atoms with Crippen LogP contribution in [0.2, 0.25) is 0 Å². The van der Waals surface area contributed by atoms with Gasteiger partial charge in [0.2, 0.25) is 0 Å². The van der Waals surface area contributed by atoms with E-state index in [1.165, 1.54) is 6.07 Å². The molecule has 8 nitrogen and oxygen atoms in total. The highest BCUT2D eigenvalue weighted by Crippen LogP contribution is 2.34. The zero-order chi connectivity index (χ0) is 20.6. The van der Waals surface area contributed by atoms with Crippen LogP contribution in [0.5, 0.6) is 0 Å². The van der Waals surface area contributed by atoms with Gasteiger partial charge in [-0.05, 0) is 63.1 Å². The van der Waals surface area contributed by atoms with E-state index >= 15 is 0 Å². The number of fused-ring (bicyclic) bond motifs is 1. The highest BCUT2D eigenvalue weighted by molar-refractivity contribution is 7.91. The molecule has 0 spiro atoms. The number of nitrogens with zero attached hydrogens (tertiary/aromatic N) is 4. The van der Waals surface area contributed by atoms with Crippen LogP contribution in [0.4, 0.5) is 10.5 Å². The van der Waals surface area contributed by atoms with E-state index in [0.29, 0.717) is 0 Å². The van der Waals surface area contributed by atoms with Crippen LogP contribution >= 0.6 is 0 Å². The van der Waals surface area contributed by atoms with Crippen LogP contribution in [0.15, 0.2) is 21.7 Å². The Labute approximate surface area is 166 Å². The topological polar surface area (TPSA) is 115 Å². The summed E-state index contributed by atoms with van der Waals surface area (Å²) in [5, 5.41) is 12.9. The molecule has 2 heterocycles. The minimum atomic E-state index is -3.43. The number of aromatic nitrogens is 3. The summed E-state index contributed by atoms with van der Waals surface area (Å²) in [6.07, 6.45) is 4.43. The van der Waals surface area contributed by atoms with Crippen molar-refractivity contribution in [3.05, 3.63) is 34.8 Å². The molecule has 2 aromatic rings. The number of aryl methyl sites for hydroxylation is 1. The second kappa shape index (κ2) is 7.63. The Balaban J connectivity index is 1.95. The zero-order valence-corrected chi connectivity index (χ0v) is 17.8. The molecule has 0 fully saturated rings. The van der Waals surface area contributed by atoms with E-state index in [-0.39, 0.29) is 17.0 Å². The average Bonchev–Trinajstić information content (AvgIpc) is 3.25. The van der Waals surface area contributed by atoms with Gasteiger partial charge in [0.15, 0.2) is 14.9 Å². The van der Waals surface area contributed by atoms with Gasteiger partial charge in [-0.25, -0.2) is 14.1 Å². The van der Waals surface area contributed by atoms with Gasteiger partial charge >= 0.3 is 6.03 Å². The Morgan fingerprint density at radius 1 is 1.32 bits per heavy atom. The number of amides is 2. The maximum absolute atomic E-state index is 12.8. The first-order chi connectivity index (χ1) is 13.1. The van der Waals surface area contributed by atoms with Crippen LogP contribution in [-0.4, -0.2) is 25.0 Å². The first-order valence-electron chi connectivity index (χ1n) is 9.53. The minimum Gasteiger partial charge on any atom is -0.305 e. The summed E-state index contributed by atoms with van der Waals surface area (Å²) in [6, 6.07) is 0.893. The lowest BCUT2D eigenvalue weighted by molar-refractivity contribution is 0.260. The van der Waals surface area contributed by atoms with Gasteiger partial charge in [-0.2, -0.15) is 5.10 Å². The van der Waals surface area contributed by atoms with Crippen molar-refractivity contribution in [3.63, 3.8) is 0 Å². The summed E-state index contributed by atoms with van der Waals surface area (Å²) in [7, 11) is -3.43. The molecule has 3 rings (SSSR count). The van der Waals surface area contributed by atoms with Gasteiger partial charge in [0, 0.05) is 23.6 Å². The summed E-state index contributed by atoms with van der Waals surface area (Å²) in [4.78, 5) is 17.4. The zero-order valence-electron chi connectivity index (χ0n) is 17.0. The molecule has 1 atom stereocenters. The first-order valence-corrected chi connectivity index (χ1v) is 11.1. The van der Waals surface area contributed by atoms with Gasteiger partial charge in [0.05, 0.1) is 5.69 Å². The summed E-state index contributed by atoms with van der Waals surface area (Å²) in [5.74, 6) is 0.234. The van der Waals surface area contributed by atoms with Crippen molar-refractivity contribution >= 4 is 21.6 Å². The van der Waals surface area contributed by atoms with Gasteiger partial charge in [-0.3, -0.25) is 9.67 Å². The quantitative estimate of drug-likeness (QED) is 0.808. The highest BCUT2D eigenvalue weighted by Gasteiger charge is 2.24. The predicted molar refractivity (Wildman–Crippen MR) is 110 cm³/mol. The lowest BCUT2D eigenvalue weighted by Gasteiger charge is -2.17. The number of rotatable bonds is 4. The third kappa shape index (κ3) is 3.95. The third-order valence-electron chi connectivity index (χ3n) is 4.92. The number of hydrogen-bond donors (Lipinski definition) is 2. The molecular formula is C19H28N6O2S. The first kappa shape index (κ1) is 20.5. The summed E-state index contributed by atoms with van der Waals surface area (Å²) >= 11 is 0. The largest absolute Gasteiger partial charge is 0.354 e. The van der Waals surface area contributed by atoms with Crippen LogP contribution in [0.3, 0.4) is 0 Å². The number of anilines is 1. The number of carbonyl (C=O) groups is 1. The fourth-order valence-corrected chi connectivity index (χ4v) is 4.35. The number of urea groups is 1. The van der Waals surface area contributed by atoms with Gasteiger partial charge in [-0.1, -0.05) is 13.8 Å². The van der Waals surface area contributed by atoms with Gasteiger partial charge < -0.3 is 5.32 Å². The molecule has 1 aliphatic carbocycles. The predicted octanol–water partition coefficient (Wildman–Crippen LogP) is 3.71. The Hall–Kier alpha value is -2.26. The van der Waals surface area contributed by atoms with Crippen molar-refractivity contribution < 1.29 is 9.00 Å². The van der Waals surface area contributed by atoms with Crippen LogP contribution in [0.25, 0.3) is 0 Å². The number of carbonyl (C=O) groups excluding carboxylic acids is 1. The standard InChI is InChI=1S/C19H28N6O2S/c1-11(2)17-13(5)18(14-7-6-8-15(14)21-17)22-19(26)24-28(20,27)16-9-10-25(23-16)12(3)4/h9-12H,6-8H2,1-5H3,(H3,20,21,22,24,26,27)/t28-/m1/s1. The monoisotopic (exact) mass is 404 g/mol. The molecule has 0 saturated carbocycles. The fraction of sp³-hybridized carbons (Fsp3) is 0.526. The number of hydrogen-bond acceptors (Lipinski definition) is 4. The van der Waals surface area contributed by atoms with Crippen molar-refractivity contribution in [2.75, 3.05) is 5.32 Å². The molecule has 28 heavy (non-hydrogen) atoms. The van der Waals surface area contributed by atoms with E-state index in [2.05, 4.69) is 28.6 Å². The maximum atomic E-state index is 12.8. The van der Waals surface area contributed by atoms with E-state index in [9.17, 15) is 9.00 Å². The van der Waals surface area contributed by atoms with Crippen molar-refractivity contribution in [1.29, 1.82) is 0 Å². The van der Waals surface area contributed by atoms with Crippen LogP contribution < -0.4 is 10.5 Å². The number of nitrogens with one attached hydrogen (secondary N) is 1. The molecule has 9 heteroatoms. The average molecular weight is 405 g/mol. The normalized spacial score (nSPS) is 15.6. The number of nitrogens with two attached hydrogens (primary N) is 1. The van der Waals surface area contributed by atoms with E-state index in [1.807, 2.05) is 20.8 Å². The Kier molecular flexibility index (Phi) is 5.58. The highest BCUT2D eigenvalue weighted by atomic mass is 32.2. The van der Waals surface area contributed by atoms with Crippen molar-refractivity contribution in [2.45, 2.75) is 70.9 Å². The molecule has 0 unspecified atom stereocenters. The lowest BCUT2D eigenvalue weighted by Crippen LogP contribution is -2.20. The number of pyridine rings is 1. The molecule has 3 N–H and O–H groups in total. The molecule has 0 saturated heterocycles. The Bertz CT molecular complexity index is 1030. The minimum absolute atomic E-state index is 0.0919. The van der Waals surface area contributed by atoms with Crippen molar-refractivity contribution in [3.8, 4) is 0 Å². The van der Waals surface area contributed by atoms with Gasteiger partial charge in [0.25, 0.3) is 0 Å². The van der Waals surface area contributed by atoms with Gasteiger partial charge in [-0.15, -0.1) is 4.36 Å². The molecular weight excluding hydrogens is 376 g/mol. The lowest BCUT2D eigenvalue weighted by atomic mass is 9.99. The fourth-order valence-electron chi connectivity index (χ4n) is 3.50. The van der Waals surface area contributed by atoms with Crippen LogP contribution in [0.1, 0.15) is 68.6 Å². The smallest absolute Gasteiger partial charge is 0.305 e. The molecule has 0 radical (unpaired) electrons. The van der Waals surface area contributed by atoms with E-state index in [0.717, 1.165) is 47.5 Å². The van der Waals surface area contributed by atoms with E-state index in [4.69, 9.17) is 10.1 Å². The van der Waals surface area contributed by atoms with E-state index in [1.54, 1.807) is 10.9 Å². The second-order valence-corrected chi connectivity index (χ2v) is 9.49. The Morgan fingerprint density at radius 3 is 2.64 bits per heavy atom. The SMILES string of the molecule is Cc1c(C(C)C)nc2c(c1NC(=O)N=[S@@](N)(=O)c1ccn(C(C)C)n1)CCC2. The van der Waals surface area contributed by atoms with Gasteiger partial charge in [0.1, 0.15) is 0 Å². The molecule has 0 aromatic carbocycles. The molecule has 2 aromatic heterocycles. The Morgan fingerprint density at radius 2 is 2.04 bits per heavy atom. The molecule has 2 amide bonds.